The SMILES string of the molecule is CC1=C(C(=O)SCCNC(=O)CCNC(=O)C(O)C(C)(C)COP(=O)(O)OP(=O)(O)OCC2OC(n3cnc4c(N)ncnc43)C(O)C2OP(=O)(O)O)N2C(=O)C(NC(=O)C(N)c3ccc(O)cc3)C2SC1. The molecule has 5 heterocycles. The van der Waals surface area contributed by atoms with Gasteiger partial charge < -0.3 is 67.0 Å². The van der Waals surface area contributed by atoms with Gasteiger partial charge in [-0.2, -0.15) is 4.31 Å². The molecule has 14 N–H and O–H groups in total. The molecule has 3 aromatic rings. The molecule has 4 amide bonds. The van der Waals surface area contributed by atoms with E-state index in [0.717, 1.165) is 29.0 Å². The van der Waals surface area contributed by atoms with Gasteiger partial charge in [-0.05, 0) is 30.2 Å². The van der Waals surface area contributed by atoms with Gasteiger partial charge in [0.05, 0.1) is 25.2 Å². The minimum absolute atomic E-state index is 0.00657. The number of anilines is 1. The van der Waals surface area contributed by atoms with Crippen molar-refractivity contribution in [3.63, 3.8) is 0 Å². The Morgan fingerprint density at radius 3 is 2.38 bits per heavy atom. The maximum absolute atomic E-state index is 13.3. The van der Waals surface area contributed by atoms with E-state index in [1.165, 1.54) is 54.8 Å². The molecule has 2 saturated heterocycles. The highest BCUT2D eigenvalue weighted by molar-refractivity contribution is 8.14. The molecular weight excluding hydrogens is 1060 g/mol. The number of phenolic OH excluding ortho intramolecular Hbond substituents is 1. The Kier molecular flexibility index (Phi) is 18.2. The van der Waals surface area contributed by atoms with Crippen LogP contribution < -0.4 is 27.4 Å². The van der Waals surface area contributed by atoms with Crippen molar-refractivity contribution in [2.45, 2.75) is 75.3 Å². The van der Waals surface area contributed by atoms with Crippen LogP contribution in [0.5, 0.6) is 5.75 Å². The largest absolute Gasteiger partial charge is 0.508 e. The summed E-state index contributed by atoms with van der Waals surface area (Å²) in [5, 5.41) is 37.7. The number of nitrogens with two attached hydrogens (primary N) is 2. The highest BCUT2D eigenvalue weighted by Crippen LogP contribution is 2.61. The summed E-state index contributed by atoms with van der Waals surface area (Å²) in [7, 11) is -16.5. The molecule has 10 unspecified atom stereocenters. The number of phenols is 1. The van der Waals surface area contributed by atoms with Crippen LogP contribution in [0.4, 0.5) is 5.82 Å². The normalized spacial score (nSPS) is 23.9. The maximum atomic E-state index is 13.3. The topological polar surface area (TPSA) is 459 Å². The fourth-order valence-corrected chi connectivity index (χ4v) is 12.1. The lowest BCUT2D eigenvalue weighted by Crippen LogP contribution is -2.70. The van der Waals surface area contributed by atoms with E-state index in [-0.39, 0.29) is 53.7 Å². The van der Waals surface area contributed by atoms with Crippen molar-refractivity contribution >= 4 is 92.7 Å². The second-order valence-corrected chi connectivity index (χ2v) is 23.2. The van der Waals surface area contributed by atoms with E-state index in [4.69, 9.17) is 25.3 Å². The number of aromatic nitrogens is 4. The molecule has 3 aliphatic heterocycles. The molecule has 0 saturated carbocycles. The number of phosphoric ester groups is 3. The zero-order chi connectivity index (χ0) is 53.1. The number of fused-ring (bicyclic) bond motifs is 2. The number of nitrogens with zero attached hydrogens (tertiary/aromatic N) is 5. The van der Waals surface area contributed by atoms with Gasteiger partial charge in [-0.15, -0.1) is 11.8 Å². The van der Waals surface area contributed by atoms with Crippen molar-refractivity contribution in [3.8, 4) is 5.75 Å². The molecule has 1 aromatic carbocycles. The first-order chi connectivity index (χ1) is 33.6. The number of phosphoric acid groups is 3. The highest BCUT2D eigenvalue weighted by Gasteiger charge is 2.54. The number of nitrogen functional groups attached to an aromatic ring is 1. The Hall–Kier alpha value is -4.43. The second kappa shape index (κ2) is 23.0. The highest BCUT2D eigenvalue weighted by atomic mass is 32.2. The van der Waals surface area contributed by atoms with Crippen LogP contribution in [0.1, 0.15) is 45.0 Å². The smallest absolute Gasteiger partial charge is 0.481 e. The van der Waals surface area contributed by atoms with Crippen molar-refractivity contribution in [1.29, 1.82) is 0 Å². The van der Waals surface area contributed by atoms with Gasteiger partial charge >= 0.3 is 23.5 Å². The molecule has 10 atom stereocenters. The fourth-order valence-electron chi connectivity index (χ4n) is 7.18. The Bertz CT molecular complexity index is 2730. The number of carbonyl (C=O) groups excluding carboxylic acids is 5. The first kappa shape index (κ1) is 56.9. The van der Waals surface area contributed by atoms with Gasteiger partial charge in [0.15, 0.2) is 17.7 Å². The third kappa shape index (κ3) is 13.8. The molecule has 0 bridgehead atoms. The number of ether oxygens (including phenoxy) is 1. The van der Waals surface area contributed by atoms with Crippen LogP contribution in [-0.4, -0.2) is 162 Å². The summed E-state index contributed by atoms with van der Waals surface area (Å²) in [6.45, 7) is 1.77. The van der Waals surface area contributed by atoms with Crippen LogP contribution in [0, 0.1) is 5.41 Å². The number of β-lactam (4-membered cyclic amide) rings is 1. The lowest BCUT2D eigenvalue weighted by molar-refractivity contribution is -0.147. The minimum Gasteiger partial charge on any atom is -0.508 e. The molecule has 396 valence electrons. The molecule has 30 nitrogen and oxygen atoms in total. The summed E-state index contributed by atoms with van der Waals surface area (Å²) < 4.78 is 62.5. The van der Waals surface area contributed by atoms with Gasteiger partial charge in [0.25, 0.3) is 5.91 Å². The Morgan fingerprint density at radius 1 is 1.01 bits per heavy atom. The third-order valence-electron chi connectivity index (χ3n) is 10.9. The van der Waals surface area contributed by atoms with Crippen molar-refractivity contribution in [2.75, 3.05) is 43.5 Å². The van der Waals surface area contributed by atoms with Crippen molar-refractivity contribution in [3.05, 3.63) is 53.8 Å². The molecular formula is C37H51N10O20P3S2. The molecule has 2 fully saturated rings. The summed E-state index contributed by atoms with van der Waals surface area (Å²) in [5.74, 6) is -2.25. The number of imidazole rings is 1. The predicted octanol–water partition coefficient (Wildman–Crippen LogP) is -1.26. The van der Waals surface area contributed by atoms with Gasteiger partial charge in [0, 0.05) is 36.4 Å². The van der Waals surface area contributed by atoms with E-state index in [2.05, 4.69) is 39.7 Å². The number of hydrogen-bond acceptors (Lipinski definition) is 23. The number of aromatic hydroxyl groups is 1. The number of aliphatic hydroxyl groups is 2. The molecule has 0 radical (unpaired) electrons. The Labute approximate surface area is 416 Å². The van der Waals surface area contributed by atoms with E-state index < -0.39 is 119 Å². The molecule has 72 heavy (non-hydrogen) atoms. The van der Waals surface area contributed by atoms with E-state index in [0.29, 0.717) is 16.9 Å². The number of rotatable bonds is 23. The standard InChI is InChI=1S/C37H51N10O20P3S2/c1-17-13-72-35-24(45-31(52)22(38)18-4-6-19(48)7-5-18)33(54)47(35)25(17)36(55)71-11-10-40-21(49)8-9-41-32(53)28(51)37(2,3)14-64-70(61,62)67-69(59,60)63-12-20-27(66-68(56,57)58)26(50)34(65-20)46-16-44-23-29(39)42-15-43-30(23)46/h4-7,15-16,20,22,24,26-28,34-35,48,50-51H,8-14,38H2,1-3H3,(H,40,49)(H,41,53)(H,45,52)(H,59,60)(H,61,62)(H2,39,42,43)(H2,56,57,58). The van der Waals surface area contributed by atoms with Gasteiger partial charge in [-0.1, -0.05) is 37.7 Å². The monoisotopic (exact) mass is 1110 g/mol. The lowest BCUT2D eigenvalue weighted by Gasteiger charge is -2.50. The second-order valence-electron chi connectivity index (χ2n) is 16.8. The number of hydrogen-bond donors (Lipinski definition) is 12. The first-order valence-electron chi connectivity index (χ1n) is 21.1. The van der Waals surface area contributed by atoms with Crippen LogP contribution in [0.15, 0.2) is 48.2 Å². The molecule has 0 spiro atoms. The Morgan fingerprint density at radius 2 is 1.69 bits per heavy atom. The van der Waals surface area contributed by atoms with E-state index in [9.17, 15) is 72.6 Å². The van der Waals surface area contributed by atoms with E-state index in [1.54, 1.807) is 6.92 Å². The zero-order valence-corrected chi connectivity index (χ0v) is 42.3. The van der Waals surface area contributed by atoms with E-state index >= 15 is 0 Å². The first-order valence-corrected chi connectivity index (χ1v) is 27.7. The van der Waals surface area contributed by atoms with Crippen LogP contribution in [0.2, 0.25) is 0 Å². The van der Waals surface area contributed by atoms with Crippen LogP contribution in [-0.2, 0) is 60.3 Å². The van der Waals surface area contributed by atoms with Crippen molar-refractivity contribution in [1.82, 2.24) is 40.4 Å². The molecule has 0 aliphatic carbocycles. The average Bonchev–Trinajstić information content (AvgIpc) is 3.87. The third-order valence-corrected chi connectivity index (χ3v) is 16.3. The van der Waals surface area contributed by atoms with Crippen LogP contribution in [0.25, 0.3) is 11.2 Å². The van der Waals surface area contributed by atoms with Crippen LogP contribution >= 0.6 is 47.0 Å². The molecule has 3 aliphatic rings. The lowest BCUT2D eigenvalue weighted by atomic mass is 9.87. The molecule has 35 heteroatoms. The average molecular weight is 1110 g/mol. The quantitative estimate of drug-likeness (QED) is 0.0300. The van der Waals surface area contributed by atoms with Gasteiger partial charge in [0.2, 0.25) is 22.8 Å². The summed E-state index contributed by atoms with van der Waals surface area (Å²) in [6.07, 6.45) is -7.24. The summed E-state index contributed by atoms with van der Waals surface area (Å²) in [6, 6.07) is 3.70. The fraction of sp³-hybridized carbons (Fsp3) is 0.514. The number of amides is 4. The van der Waals surface area contributed by atoms with Gasteiger partial charge in [0.1, 0.15) is 59.5 Å². The number of carbonyl (C=O) groups is 5. The zero-order valence-electron chi connectivity index (χ0n) is 38.0. The predicted molar refractivity (Wildman–Crippen MR) is 250 cm³/mol. The Balaban J connectivity index is 0.896. The summed E-state index contributed by atoms with van der Waals surface area (Å²) >= 11 is 2.22. The summed E-state index contributed by atoms with van der Waals surface area (Å²) in [4.78, 5) is 117. The molecule has 2 aromatic heterocycles. The van der Waals surface area contributed by atoms with Crippen molar-refractivity contribution < 1.29 is 95.2 Å². The van der Waals surface area contributed by atoms with E-state index in [1.807, 2.05) is 0 Å². The van der Waals surface area contributed by atoms with Gasteiger partial charge in [-0.3, -0.25) is 47.0 Å². The number of nitrogens with one attached hydrogen (secondary N) is 3. The number of aliphatic hydroxyl groups excluding tert-OH is 2. The number of benzene rings is 1. The van der Waals surface area contributed by atoms with Crippen LogP contribution in [0.3, 0.4) is 0 Å². The van der Waals surface area contributed by atoms with Gasteiger partial charge in [-0.25, -0.2) is 28.6 Å². The maximum Gasteiger partial charge on any atom is 0.481 e. The molecule has 6 rings (SSSR count). The minimum atomic E-state index is -5.63. The number of thioether (sulfide) groups is 2. The van der Waals surface area contributed by atoms with Crippen molar-refractivity contribution in [2.24, 2.45) is 11.1 Å². The summed E-state index contributed by atoms with van der Waals surface area (Å²) in [5.41, 5.74) is 11.5.